The van der Waals surface area contributed by atoms with Crippen LogP contribution in [0.2, 0.25) is 0 Å². The van der Waals surface area contributed by atoms with Gasteiger partial charge in [0, 0.05) is 4.47 Å². The van der Waals surface area contributed by atoms with Gasteiger partial charge >= 0.3 is 0 Å². The van der Waals surface area contributed by atoms with Crippen LogP contribution in [0.5, 0.6) is 5.75 Å². The molecule has 0 saturated carbocycles. The Morgan fingerprint density at radius 2 is 2.33 bits per heavy atom. The second-order valence-electron chi connectivity index (χ2n) is 3.47. The third-order valence-electron chi connectivity index (χ3n) is 2.21. The van der Waals surface area contributed by atoms with Crippen molar-refractivity contribution in [3.63, 3.8) is 0 Å². The highest BCUT2D eigenvalue weighted by Crippen LogP contribution is 2.30. The normalized spacial score (nSPS) is 17.1. The zero-order valence-corrected chi connectivity index (χ0v) is 12.7. The molecule has 6 heteroatoms. The third-order valence-corrected chi connectivity index (χ3v) is 4.09. The molecular weight excluding hydrogens is 334 g/mol. The molecule has 1 amide bonds. The monoisotopic (exact) mass is 343 g/mol. The number of carbonyl (C=O) groups is 1. The van der Waals surface area contributed by atoms with Gasteiger partial charge in [-0.25, -0.2) is 0 Å². The predicted octanol–water partition coefficient (Wildman–Crippen LogP) is 3.34. The molecule has 0 aliphatic carbocycles. The van der Waals surface area contributed by atoms with E-state index in [0.29, 0.717) is 15.8 Å². The van der Waals surface area contributed by atoms with Gasteiger partial charge in [0.1, 0.15) is 10.1 Å². The fourth-order valence-electron chi connectivity index (χ4n) is 1.45. The van der Waals surface area contributed by atoms with Crippen LogP contribution in [0, 0.1) is 0 Å². The number of rotatable bonds is 3. The summed E-state index contributed by atoms with van der Waals surface area (Å²) in [7, 11) is 0. The van der Waals surface area contributed by atoms with Crippen LogP contribution in [-0.2, 0) is 4.79 Å². The van der Waals surface area contributed by atoms with Crippen molar-refractivity contribution in [1.82, 2.24) is 5.32 Å². The van der Waals surface area contributed by atoms with Gasteiger partial charge in [-0.3, -0.25) is 4.79 Å². The summed E-state index contributed by atoms with van der Waals surface area (Å²) in [6, 6.07) is 5.66. The van der Waals surface area contributed by atoms with Gasteiger partial charge in [-0.15, -0.1) is 0 Å². The first kappa shape index (κ1) is 13.6. The standard InChI is InChI=1S/C12H10BrNO2S2/c1-2-16-8-3-4-9(13)7(5-8)6-10-11(15)14-12(17)18-10/h3-6H,2H2,1H3,(H,14,15,17)/b10-6-. The Morgan fingerprint density at radius 3 is 2.94 bits per heavy atom. The first-order valence-corrected chi connectivity index (χ1v) is 7.29. The highest BCUT2D eigenvalue weighted by atomic mass is 79.9. The SMILES string of the molecule is CCOc1ccc(Br)c(/C=C2\SC(=S)NC2=O)c1. The largest absolute Gasteiger partial charge is 0.494 e. The van der Waals surface area contributed by atoms with E-state index in [-0.39, 0.29) is 5.91 Å². The highest BCUT2D eigenvalue weighted by molar-refractivity contribution is 9.10. The number of hydrogen-bond acceptors (Lipinski definition) is 4. The lowest BCUT2D eigenvalue weighted by atomic mass is 10.2. The molecule has 1 heterocycles. The van der Waals surface area contributed by atoms with E-state index in [2.05, 4.69) is 21.2 Å². The van der Waals surface area contributed by atoms with Crippen molar-refractivity contribution in [2.45, 2.75) is 6.92 Å². The third kappa shape index (κ3) is 3.13. The summed E-state index contributed by atoms with van der Waals surface area (Å²) >= 11 is 9.66. The quantitative estimate of drug-likeness (QED) is 0.674. The summed E-state index contributed by atoms with van der Waals surface area (Å²) in [6.45, 7) is 2.54. The summed E-state index contributed by atoms with van der Waals surface area (Å²) in [5, 5.41) is 2.59. The van der Waals surface area contributed by atoms with Crippen LogP contribution in [0.3, 0.4) is 0 Å². The Balaban J connectivity index is 2.33. The molecule has 1 aromatic carbocycles. The summed E-state index contributed by atoms with van der Waals surface area (Å²) in [4.78, 5) is 12.2. The van der Waals surface area contributed by atoms with E-state index in [0.717, 1.165) is 15.8 Å². The molecule has 1 saturated heterocycles. The van der Waals surface area contributed by atoms with Crippen molar-refractivity contribution < 1.29 is 9.53 Å². The van der Waals surface area contributed by atoms with E-state index < -0.39 is 0 Å². The van der Waals surface area contributed by atoms with Gasteiger partial charge in [0.2, 0.25) is 0 Å². The van der Waals surface area contributed by atoms with E-state index in [1.54, 1.807) is 6.08 Å². The van der Waals surface area contributed by atoms with E-state index in [1.807, 2.05) is 25.1 Å². The van der Waals surface area contributed by atoms with Crippen molar-refractivity contribution >= 4 is 56.2 Å². The van der Waals surface area contributed by atoms with E-state index in [4.69, 9.17) is 17.0 Å². The van der Waals surface area contributed by atoms with Gasteiger partial charge in [-0.1, -0.05) is 39.9 Å². The van der Waals surface area contributed by atoms with Gasteiger partial charge in [-0.2, -0.15) is 0 Å². The van der Waals surface area contributed by atoms with Gasteiger partial charge in [0.25, 0.3) is 5.91 Å². The van der Waals surface area contributed by atoms with Crippen molar-refractivity contribution in [2.24, 2.45) is 0 Å². The number of ether oxygens (including phenoxy) is 1. The predicted molar refractivity (Wildman–Crippen MR) is 81.6 cm³/mol. The lowest BCUT2D eigenvalue weighted by Crippen LogP contribution is -2.17. The molecule has 0 bridgehead atoms. The lowest BCUT2D eigenvalue weighted by Gasteiger charge is -2.05. The fraction of sp³-hybridized carbons (Fsp3) is 0.167. The number of amides is 1. The Labute approximate surface area is 123 Å². The molecule has 3 nitrogen and oxygen atoms in total. The molecule has 1 aliphatic rings. The number of benzene rings is 1. The smallest absolute Gasteiger partial charge is 0.263 e. The molecule has 0 atom stereocenters. The Hall–Kier alpha value is -0.850. The minimum Gasteiger partial charge on any atom is -0.494 e. The molecule has 0 aromatic heterocycles. The van der Waals surface area contributed by atoms with E-state index >= 15 is 0 Å². The molecule has 1 aromatic rings. The van der Waals surface area contributed by atoms with E-state index in [1.165, 1.54) is 11.8 Å². The Morgan fingerprint density at radius 1 is 1.56 bits per heavy atom. The van der Waals surface area contributed by atoms with Crippen molar-refractivity contribution in [3.05, 3.63) is 33.1 Å². The molecule has 0 unspecified atom stereocenters. The fourth-order valence-corrected chi connectivity index (χ4v) is 2.85. The van der Waals surface area contributed by atoms with Gasteiger partial charge < -0.3 is 10.1 Å². The zero-order valence-electron chi connectivity index (χ0n) is 9.53. The second-order valence-corrected chi connectivity index (χ2v) is 6.04. The molecule has 94 valence electrons. The molecule has 18 heavy (non-hydrogen) atoms. The van der Waals surface area contributed by atoms with Crippen LogP contribution >= 0.6 is 39.9 Å². The topological polar surface area (TPSA) is 38.3 Å². The molecule has 0 radical (unpaired) electrons. The second kappa shape index (κ2) is 5.86. The summed E-state index contributed by atoms with van der Waals surface area (Å²) in [5.41, 5.74) is 0.892. The lowest BCUT2D eigenvalue weighted by molar-refractivity contribution is -0.115. The maximum absolute atomic E-state index is 11.6. The van der Waals surface area contributed by atoms with Gasteiger partial charge in [-0.05, 0) is 36.8 Å². The average Bonchev–Trinajstić information content (AvgIpc) is 2.62. The van der Waals surface area contributed by atoms with Crippen molar-refractivity contribution in [3.8, 4) is 5.75 Å². The maximum Gasteiger partial charge on any atom is 0.263 e. The molecule has 0 spiro atoms. The molecule has 2 rings (SSSR count). The van der Waals surface area contributed by atoms with Gasteiger partial charge in [0.05, 0.1) is 11.5 Å². The Kier molecular flexibility index (Phi) is 4.42. The molecular formula is C12H10BrNO2S2. The summed E-state index contributed by atoms with van der Waals surface area (Å²) < 4.78 is 6.83. The number of thiocarbonyl (C=S) groups is 1. The number of carbonyl (C=O) groups excluding carboxylic acids is 1. The van der Waals surface area contributed by atoms with Gasteiger partial charge in [0.15, 0.2) is 0 Å². The number of thioether (sulfide) groups is 1. The van der Waals surface area contributed by atoms with Crippen molar-refractivity contribution in [2.75, 3.05) is 6.61 Å². The van der Waals surface area contributed by atoms with Crippen LogP contribution in [0.15, 0.2) is 27.6 Å². The minimum absolute atomic E-state index is 0.154. The average molecular weight is 344 g/mol. The first-order chi connectivity index (χ1) is 8.60. The van der Waals surface area contributed by atoms with Crippen LogP contribution < -0.4 is 10.1 Å². The first-order valence-electron chi connectivity index (χ1n) is 5.27. The summed E-state index contributed by atoms with van der Waals surface area (Å²) in [5.74, 6) is 0.622. The van der Waals surface area contributed by atoms with Crippen LogP contribution in [-0.4, -0.2) is 16.8 Å². The van der Waals surface area contributed by atoms with Crippen LogP contribution in [0.1, 0.15) is 12.5 Å². The maximum atomic E-state index is 11.6. The minimum atomic E-state index is -0.154. The molecule has 1 N–H and O–H groups in total. The molecule has 1 fully saturated rings. The zero-order chi connectivity index (χ0) is 13.1. The summed E-state index contributed by atoms with van der Waals surface area (Å²) in [6.07, 6.45) is 1.80. The molecule has 1 aliphatic heterocycles. The number of halogens is 1. The van der Waals surface area contributed by atoms with Crippen LogP contribution in [0.25, 0.3) is 6.08 Å². The number of hydrogen-bond donors (Lipinski definition) is 1. The van der Waals surface area contributed by atoms with E-state index in [9.17, 15) is 4.79 Å². The Bertz CT molecular complexity index is 543. The van der Waals surface area contributed by atoms with Crippen LogP contribution in [0.4, 0.5) is 0 Å². The highest BCUT2D eigenvalue weighted by Gasteiger charge is 2.22. The van der Waals surface area contributed by atoms with Crippen molar-refractivity contribution in [1.29, 1.82) is 0 Å². The number of nitrogens with one attached hydrogen (secondary N) is 1.